The molecule has 1 unspecified atom stereocenters. The van der Waals surface area contributed by atoms with Crippen LogP contribution in [0.2, 0.25) is 0 Å². The highest BCUT2D eigenvalue weighted by atomic mass is 32.2. The van der Waals surface area contributed by atoms with E-state index in [1.54, 1.807) is 26.5 Å². The van der Waals surface area contributed by atoms with Gasteiger partial charge in [-0.05, 0) is 60.5 Å². The topological polar surface area (TPSA) is 90.4 Å². The Hall–Kier alpha value is -4.08. The molecule has 226 valence electrons. The number of amides is 3. The minimum Gasteiger partial charge on any atom is -0.494 e. The fourth-order valence-electron chi connectivity index (χ4n) is 7.32. The number of likely N-dealkylation sites (tertiary alicyclic amines) is 1. The molecule has 2 fully saturated rings. The molecule has 5 atom stereocenters. The normalized spacial score (nSPS) is 27.8. The van der Waals surface area contributed by atoms with Gasteiger partial charge in [-0.2, -0.15) is 0 Å². The molecule has 8 nitrogen and oxygen atoms in total. The zero-order valence-electron chi connectivity index (χ0n) is 24.5. The zero-order valence-corrected chi connectivity index (χ0v) is 25.4. The second-order valence-corrected chi connectivity index (χ2v) is 13.1. The van der Waals surface area contributed by atoms with E-state index in [1.165, 1.54) is 0 Å². The summed E-state index contributed by atoms with van der Waals surface area (Å²) in [4.78, 5) is 48.6. The van der Waals surface area contributed by atoms with Crippen LogP contribution in [-0.4, -0.2) is 76.6 Å². The average molecular weight is 610 g/mol. The molecule has 3 aromatic carbocycles. The third kappa shape index (κ3) is 4.52. The maximum atomic E-state index is 14.6. The summed E-state index contributed by atoms with van der Waals surface area (Å²) in [5.41, 5.74) is 1.51. The first-order valence-electron chi connectivity index (χ1n) is 15.2. The van der Waals surface area contributed by atoms with Crippen LogP contribution in [0.1, 0.15) is 13.3 Å². The molecule has 4 aliphatic rings. The number of carbonyl (C=O) groups is 3. The Morgan fingerprint density at radius 3 is 2.39 bits per heavy atom. The van der Waals surface area contributed by atoms with Crippen LogP contribution < -0.4 is 14.5 Å². The number of carbonyl (C=O) groups excluding carboxylic acids is 3. The molecule has 4 heterocycles. The lowest BCUT2D eigenvalue weighted by atomic mass is 9.78. The van der Waals surface area contributed by atoms with Crippen molar-refractivity contribution < 1.29 is 24.2 Å². The van der Waals surface area contributed by atoms with E-state index in [0.29, 0.717) is 26.1 Å². The number of thioether (sulfide) groups is 1. The van der Waals surface area contributed by atoms with Crippen LogP contribution in [0.15, 0.2) is 91.0 Å². The van der Waals surface area contributed by atoms with Gasteiger partial charge in [-0.1, -0.05) is 54.6 Å². The van der Waals surface area contributed by atoms with Crippen molar-refractivity contribution in [1.82, 2.24) is 4.90 Å². The van der Waals surface area contributed by atoms with Crippen molar-refractivity contribution in [3.05, 3.63) is 91.0 Å². The van der Waals surface area contributed by atoms with Gasteiger partial charge in [0.05, 0.1) is 23.2 Å². The molecule has 9 heteroatoms. The predicted octanol–water partition coefficient (Wildman–Crippen LogP) is 4.42. The smallest absolute Gasteiger partial charge is 0.251 e. The minimum absolute atomic E-state index is 0.0982. The number of hydrogen-bond acceptors (Lipinski definition) is 6. The molecule has 1 N–H and O–H groups in total. The Morgan fingerprint density at radius 2 is 1.61 bits per heavy atom. The SMILES string of the molecule is CCOc1ccc(N2CC=C[C@@H]3S[C@]45C=CCN(c6ccc7ccccc7c6)C(=O)C4N(CCCO)C(=O)[C@@H]5[C@@H]3C2=O)cc1. The van der Waals surface area contributed by atoms with Gasteiger partial charge in [0, 0.05) is 42.9 Å². The number of anilines is 2. The Morgan fingerprint density at radius 1 is 0.886 bits per heavy atom. The number of rotatable bonds is 7. The molecule has 44 heavy (non-hydrogen) atoms. The van der Waals surface area contributed by atoms with E-state index in [2.05, 4.69) is 0 Å². The van der Waals surface area contributed by atoms with Crippen LogP contribution in [0.4, 0.5) is 11.4 Å². The van der Waals surface area contributed by atoms with Gasteiger partial charge >= 0.3 is 0 Å². The van der Waals surface area contributed by atoms with Crippen molar-refractivity contribution >= 4 is 51.6 Å². The van der Waals surface area contributed by atoms with Crippen LogP contribution in [0, 0.1) is 11.8 Å². The number of ether oxygens (including phenoxy) is 1. The molecule has 4 aliphatic heterocycles. The van der Waals surface area contributed by atoms with E-state index >= 15 is 0 Å². The van der Waals surface area contributed by atoms with Gasteiger partial charge < -0.3 is 24.5 Å². The van der Waals surface area contributed by atoms with E-state index in [4.69, 9.17) is 4.74 Å². The van der Waals surface area contributed by atoms with Crippen molar-refractivity contribution in [3.8, 4) is 5.75 Å². The summed E-state index contributed by atoms with van der Waals surface area (Å²) in [6.07, 6.45) is 8.40. The van der Waals surface area contributed by atoms with Crippen LogP contribution in [0.25, 0.3) is 10.8 Å². The first-order valence-corrected chi connectivity index (χ1v) is 16.1. The molecule has 0 bridgehead atoms. The lowest BCUT2D eigenvalue weighted by Gasteiger charge is -2.35. The quantitative estimate of drug-likeness (QED) is 0.399. The van der Waals surface area contributed by atoms with E-state index in [1.807, 2.05) is 98.0 Å². The highest BCUT2D eigenvalue weighted by Crippen LogP contribution is 2.61. The minimum atomic E-state index is -0.910. The summed E-state index contributed by atoms with van der Waals surface area (Å²) < 4.78 is 4.68. The summed E-state index contributed by atoms with van der Waals surface area (Å²) >= 11 is 1.56. The van der Waals surface area contributed by atoms with E-state index < -0.39 is 22.6 Å². The van der Waals surface area contributed by atoms with Crippen LogP contribution >= 0.6 is 11.8 Å². The lowest BCUT2D eigenvalue weighted by Crippen LogP contribution is -2.53. The van der Waals surface area contributed by atoms with Gasteiger partial charge in [-0.15, -0.1) is 11.8 Å². The molecule has 2 saturated heterocycles. The molecule has 1 spiro atoms. The fourth-order valence-corrected chi connectivity index (χ4v) is 9.32. The number of benzene rings is 3. The number of aliphatic hydroxyl groups excluding tert-OH is 1. The van der Waals surface area contributed by atoms with Gasteiger partial charge in [-0.3, -0.25) is 14.4 Å². The third-order valence-electron chi connectivity index (χ3n) is 9.22. The van der Waals surface area contributed by atoms with Gasteiger partial charge in [-0.25, -0.2) is 0 Å². The maximum absolute atomic E-state index is 14.6. The molecule has 0 radical (unpaired) electrons. The summed E-state index contributed by atoms with van der Waals surface area (Å²) in [6.45, 7) is 3.38. The summed E-state index contributed by atoms with van der Waals surface area (Å²) in [5, 5.41) is 11.6. The van der Waals surface area contributed by atoms with Gasteiger partial charge in [0.1, 0.15) is 11.8 Å². The van der Waals surface area contributed by atoms with Gasteiger partial charge in [0.2, 0.25) is 11.8 Å². The monoisotopic (exact) mass is 609 g/mol. The number of hydrogen-bond donors (Lipinski definition) is 1. The highest BCUT2D eigenvalue weighted by Gasteiger charge is 2.71. The van der Waals surface area contributed by atoms with Crippen LogP contribution in [-0.2, 0) is 14.4 Å². The molecule has 3 aromatic rings. The van der Waals surface area contributed by atoms with Crippen molar-refractivity contribution in [3.63, 3.8) is 0 Å². The van der Waals surface area contributed by atoms with E-state index in [9.17, 15) is 19.5 Å². The van der Waals surface area contributed by atoms with E-state index in [0.717, 1.165) is 27.9 Å². The predicted molar refractivity (Wildman–Crippen MR) is 173 cm³/mol. The Labute approximate surface area is 260 Å². The first-order chi connectivity index (χ1) is 21.5. The average Bonchev–Trinajstić information content (AvgIpc) is 3.35. The third-order valence-corrected chi connectivity index (χ3v) is 11.0. The van der Waals surface area contributed by atoms with Crippen molar-refractivity contribution in [2.45, 2.75) is 29.4 Å². The number of fused-ring (bicyclic) bond motifs is 3. The first kappa shape index (κ1) is 28.7. The molecule has 0 aliphatic carbocycles. The molecule has 3 amide bonds. The Kier molecular flexibility index (Phi) is 7.46. The van der Waals surface area contributed by atoms with Gasteiger partial charge in [0.15, 0.2) is 0 Å². The fraction of sp³-hybridized carbons (Fsp3) is 0.343. The molecular formula is C35H35N3O5S. The van der Waals surface area contributed by atoms with Crippen LogP contribution in [0.3, 0.4) is 0 Å². The van der Waals surface area contributed by atoms with Crippen molar-refractivity contribution in [2.24, 2.45) is 11.8 Å². The van der Waals surface area contributed by atoms with E-state index in [-0.39, 0.29) is 36.1 Å². The molecule has 0 saturated carbocycles. The number of aliphatic hydroxyl groups is 1. The Bertz CT molecular complexity index is 1670. The largest absolute Gasteiger partial charge is 0.494 e. The Balaban J connectivity index is 1.27. The van der Waals surface area contributed by atoms with Gasteiger partial charge in [0.25, 0.3) is 5.91 Å². The zero-order chi connectivity index (χ0) is 30.4. The molecule has 0 aromatic heterocycles. The highest BCUT2D eigenvalue weighted by molar-refractivity contribution is 8.02. The van der Waals surface area contributed by atoms with Crippen molar-refractivity contribution in [2.75, 3.05) is 42.6 Å². The standard InChI is InChI=1S/C35H35N3O5S/c1-2-43-27-15-13-25(14-16-27)36-18-5-10-28-29(32(36)40)30-33(41)38(20-7-21-39)31-34(42)37(19-6-17-35(30,31)44-28)26-12-11-23-8-3-4-9-24(23)22-26/h3-6,8-17,22,28-31,39H,2,7,18-21H2,1H3/t28-,29+,30-,31?,35-/m0/s1. The summed E-state index contributed by atoms with van der Waals surface area (Å²) in [5.74, 6) is -1.10. The lowest BCUT2D eigenvalue weighted by molar-refractivity contribution is -0.138. The summed E-state index contributed by atoms with van der Waals surface area (Å²) in [7, 11) is 0. The molecule has 7 rings (SSSR count). The second-order valence-electron chi connectivity index (χ2n) is 11.6. The van der Waals surface area contributed by atoms with Crippen molar-refractivity contribution in [1.29, 1.82) is 0 Å². The maximum Gasteiger partial charge on any atom is 0.251 e. The second kappa shape index (κ2) is 11.4. The summed E-state index contributed by atoms with van der Waals surface area (Å²) in [6, 6.07) is 20.6. The van der Waals surface area contributed by atoms with Crippen LogP contribution in [0.5, 0.6) is 5.75 Å². The molecular weight excluding hydrogens is 574 g/mol. The number of nitrogens with zero attached hydrogens (tertiary/aromatic N) is 3.